The zero-order chi connectivity index (χ0) is 21.5. The lowest BCUT2D eigenvalue weighted by Crippen LogP contribution is -2.61. The molecule has 5 heteroatoms. The van der Waals surface area contributed by atoms with Crippen LogP contribution in [0.3, 0.4) is 0 Å². The van der Waals surface area contributed by atoms with Crippen LogP contribution in [0.4, 0.5) is 0 Å². The minimum absolute atomic E-state index is 0.0185. The highest BCUT2D eigenvalue weighted by molar-refractivity contribution is 5.88. The van der Waals surface area contributed by atoms with Crippen molar-refractivity contribution >= 4 is 11.9 Å². The van der Waals surface area contributed by atoms with Crippen molar-refractivity contribution in [2.45, 2.75) is 90.8 Å². The normalized spacial score (nSPS) is 51.8. The number of allylic oxidation sites excluding steroid dienone is 1. The Kier molecular flexibility index (Phi) is 4.34. The topological polar surface area (TPSA) is 76.1 Å². The molecule has 5 rings (SSSR count). The van der Waals surface area contributed by atoms with Crippen LogP contribution in [0.2, 0.25) is 0 Å². The van der Waals surface area contributed by atoms with Crippen LogP contribution in [-0.4, -0.2) is 35.4 Å². The largest absolute Gasteiger partial charge is 0.481 e. The number of carboxylic acid groups (broad SMARTS) is 1. The maximum absolute atomic E-state index is 12.8. The molecular weight excluding hydrogens is 380 g/mol. The van der Waals surface area contributed by atoms with Crippen LogP contribution in [0, 0.1) is 34.0 Å². The SMILES string of the molecule is C/C=C(/C)C(=O)O[C@@H]1[C@@]23CC[C@H]4[C@@](C)(CCC[C@@]4(C)C(=O)O)[C@@H]2CC[C@H](C3)[C@@]12CO2. The summed E-state index contributed by atoms with van der Waals surface area (Å²) >= 11 is 0. The lowest BCUT2D eigenvalue weighted by molar-refractivity contribution is -0.199. The van der Waals surface area contributed by atoms with Crippen molar-refractivity contribution in [1.29, 1.82) is 0 Å². The van der Waals surface area contributed by atoms with E-state index in [0.29, 0.717) is 24.0 Å². The molecule has 0 radical (unpaired) electrons. The van der Waals surface area contributed by atoms with Gasteiger partial charge in [-0.25, -0.2) is 4.79 Å². The minimum atomic E-state index is -0.647. The first-order chi connectivity index (χ1) is 14.1. The van der Waals surface area contributed by atoms with Crippen LogP contribution in [0.15, 0.2) is 11.6 Å². The van der Waals surface area contributed by atoms with Gasteiger partial charge in [0.05, 0.1) is 12.0 Å². The van der Waals surface area contributed by atoms with E-state index in [9.17, 15) is 14.7 Å². The fraction of sp³-hybridized carbons (Fsp3) is 0.840. The molecule has 5 fully saturated rings. The number of epoxide rings is 1. The number of carboxylic acids is 1. The molecule has 2 spiro atoms. The maximum atomic E-state index is 12.8. The van der Waals surface area contributed by atoms with E-state index in [1.165, 1.54) is 0 Å². The van der Waals surface area contributed by atoms with Gasteiger partial charge in [0.15, 0.2) is 0 Å². The number of carbonyl (C=O) groups is 2. The van der Waals surface area contributed by atoms with Crippen LogP contribution in [0.25, 0.3) is 0 Å². The van der Waals surface area contributed by atoms with Crippen molar-refractivity contribution in [3.63, 3.8) is 0 Å². The smallest absolute Gasteiger partial charge is 0.333 e. The van der Waals surface area contributed by atoms with Gasteiger partial charge in [-0.1, -0.05) is 19.4 Å². The predicted octanol–water partition coefficient (Wildman–Crippen LogP) is 4.74. The van der Waals surface area contributed by atoms with Crippen LogP contribution in [0.5, 0.6) is 0 Å². The molecule has 1 N–H and O–H groups in total. The molecule has 0 aromatic heterocycles. The number of hydrogen-bond donors (Lipinski definition) is 1. The third-order valence-corrected chi connectivity index (χ3v) is 10.4. The van der Waals surface area contributed by atoms with Gasteiger partial charge in [-0.3, -0.25) is 4.79 Å². The maximum Gasteiger partial charge on any atom is 0.333 e. The number of rotatable bonds is 3. The molecule has 1 heterocycles. The summed E-state index contributed by atoms with van der Waals surface area (Å²) in [5, 5.41) is 10.1. The number of aliphatic carboxylic acids is 1. The van der Waals surface area contributed by atoms with Gasteiger partial charge in [-0.15, -0.1) is 0 Å². The zero-order valence-electron chi connectivity index (χ0n) is 18.8. The van der Waals surface area contributed by atoms with E-state index in [2.05, 4.69) is 6.92 Å². The molecule has 0 amide bonds. The standard InChI is InChI=1S/C25H36O5/c1-5-15(2)19(26)30-20-24-12-9-17-22(3,10-6-11-23(17,4)21(27)28)18(24)8-7-16(13-24)25(20)14-29-25/h5,16-18,20H,6-14H2,1-4H3,(H,27,28)/b15-5-/t16-,17+,18+,20-,22-,23-,24-,25+/m1/s1. The van der Waals surface area contributed by atoms with Crippen molar-refractivity contribution in [2.24, 2.45) is 34.0 Å². The van der Waals surface area contributed by atoms with Crippen molar-refractivity contribution in [1.82, 2.24) is 0 Å². The Morgan fingerprint density at radius 1 is 1.10 bits per heavy atom. The van der Waals surface area contributed by atoms with Gasteiger partial charge in [0.2, 0.25) is 0 Å². The van der Waals surface area contributed by atoms with E-state index >= 15 is 0 Å². The van der Waals surface area contributed by atoms with Gasteiger partial charge in [-0.05, 0) is 88.9 Å². The molecule has 166 valence electrons. The molecule has 4 aliphatic carbocycles. The second-order valence-corrected chi connectivity index (χ2v) is 11.4. The highest BCUT2D eigenvalue weighted by Gasteiger charge is 2.78. The molecule has 5 nitrogen and oxygen atoms in total. The van der Waals surface area contributed by atoms with E-state index < -0.39 is 11.4 Å². The van der Waals surface area contributed by atoms with Crippen molar-refractivity contribution < 1.29 is 24.2 Å². The second kappa shape index (κ2) is 6.34. The number of ether oxygens (including phenoxy) is 2. The quantitative estimate of drug-likeness (QED) is 0.408. The van der Waals surface area contributed by atoms with Gasteiger partial charge in [0.25, 0.3) is 0 Å². The van der Waals surface area contributed by atoms with E-state index in [1.54, 1.807) is 0 Å². The van der Waals surface area contributed by atoms with Crippen LogP contribution < -0.4 is 0 Å². The van der Waals surface area contributed by atoms with E-state index in [0.717, 1.165) is 51.4 Å². The summed E-state index contributed by atoms with van der Waals surface area (Å²) in [5.74, 6) is 0.194. The lowest BCUT2D eigenvalue weighted by Gasteiger charge is -2.63. The Morgan fingerprint density at radius 2 is 1.83 bits per heavy atom. The molecule has 30 heavy (non-hydrogen) atoms. The Morgan fingerprint density at radius 3 is 2.47 bits per heavy atom. The molecule has 5 aliphatic rings. The van der Waals surface area contributed by atoms with Gasteiger partial charge >= 0.3 is 11.9 Å². The number of fused-ring (bicyclic) bond motifs is 4. The third kappa shape index (κ3) is 2.39. The van der Waals surface area contributed by atoms with Crippen molar-refractivity contribution in [3.8, 4) is 0 Å². The first-order valence-electron chi connectivity index (χ1n) is 11.9. The van der Waals surface area contributed by atoms with Gasteiger partial charge < -0.3 is 14.6 Å². The molecule has 4 saturated carbocycles. The van der Waals surface area contributed by atoms with Crippen LogP contribution in [0.1, 0.15) is 79.1 Å². The Balaban J connectivity index is 1.55. The molecule has 0 aromatic carbocycles. The van der Waals surface area contributed by atoms with E-state index in [4.69, 9.17) is 9.47 Å². The Bertz CT molecular complexity index is 812. The molecular formula is C25H36O5. The molecule has 1 saturated heterocycles. The summed E-state index contributed by atoms with van der Waals surface area (Å²) in [4.78, 5) is 25.2. The van der Waals surface area contributed by atoms with Crippen LogP contribution >= 0.6 is 0 Å². The van der Waals surface area contributed by atoms with Gasteiger partial charge in [0.1, 0.15) is 11.7 Å². The molecule has 2 bridgehead atoms. The van der Waals surface area contributed by atoms with Crippen LogP contribution in [-0.2, 0) is 19.1 Å². The Labute approximate surface area is 179 Å². The molecule has 0 aromatic rings. The predicted molar refractivity (Wildman–Crippen MR) is 112 cm³/mol. The minimum Gasteiger partial charge on any atom is -0.481 e. The fourth-order valence-electron chi connectivity index (χ4n) is 8.81. The van der Waals surface area contributed by atoms with E-state index in [-0.39, 0.29) is 34.4 Å². The van der Waals surface area contributed by atoms with E-state index in [1.807, 2.05) is 26.8 Å². The van der Waals surface area contributed by atoms with Crippen molar-refractivity contribution in [3.05, 3.63) is 11.6 Å². The summed E-state index contributed by atoms with van der Waals surface area (Å²) in [6.45, 7) is 8.73. The molecule has 8 atom stereocenters. The highest BCUT2D eigenvalue weighted by Crippen LogP contribution is 2.75. The first-order valence-corrected chi connectivity index (χ1v) is 11.9. The molecule has 0 unspecified atom stereocenters. The van der Waals surface area contributed by atoms with Gasteiger partial charge in [0, 0.05) is 11.0 Å². The monoisotopic (exact) mass is 416 g/mol. The average molecular weight is 417 g/mol. The summed E-state index contributed by atoms with van der Waals surface area (Å²) in [6, 6.07) is 0. The Hall–Kier alpha value is -1.36. The summed E-state index contributed by atoms with van der Waals surface area (Å²) in [5.41, 5.74) is -0.366. The number of carbonyl (C=O) groups excluding carboxylic acids is 1. The molecule has 1 aliphatic heterocycles. The summed E-state index contributed by atoms with van der Waals surface area (Å²) in [7, 11) is 0. The van der Waals surface area contributed by atoms with Crippen molar-refractivity contribution in [2.75, 3.05) is 6.61 Å². The number of hydrogen-bond acceptors (Lipinski definition) is 4. The zero-order valence-corrected chi connectivity index (χ0v) is 18.8. The first kappa shape index (κ1) is 20.5. The average Bonchev–Trinajstić information content (AvgIpc) is 3.49. The highest BCUT2D eigenvalue weighted by atomic mass is 16.6. The summed E-state index contributed by atoms with van der Waals surface area (Å²) in [6.07, 6.45) is 9.59. The van der Waals surface area contributed by atoms with Gasteiger partial charge in [-0.2, -0.15) is 0 Å². The number of esters is 1. The lowest BCUT2D eigenvalue weighted by atomic mass is 9.40. The fourth-order valence-corrected chi connectivity index (χ4v) is 8.81. The second-order valence-electron chi connectivity index (χ2n) is 11.4. The third-order valence-electron chi connectivity index (χ3n) is 10.4. The summed E-state index contributed by atoms with van der Waals surface area (Å²) < 4.78 is 12.4.